The van der Waals surface area contributed by atoms with Gasteiger partial charge in [-0.2, -0.15) is 0 Å². The van der Waals surface area contributed by atoms with Crippen LogP contribution in [0.5, 0.6) is 0 Å². The molecule has 0 saturated carbocycles. The van der Waals surface area contributed by atoms with Gasteiger partial charge in [-0.25, -0.2) is 0 Å². The average molecular weight is 308 g/mol. The lowest BCUT2D eigenvalue weighted by atomic mass is 10.0. The van der Waals surface area contributed by atoms with Crippen molar-refractivity contribution in [1.82, 2.24) is 0 Å². The van der Waals surface area contributed by atoms with Crippen LogP contribution in [0.25, 0.3) is 0 Å². The summed E-state index contributed by atoms with van der Waals surface area (Å²) in [7, 11) is 0. The van der Waals surface area contributed by atoms with Crippen LogP contribution >= 0.6 is 31.9 Å². The SMILES string of the molecule is CC(C)c1cc(Br)c(N)c(Br)c1N. The summed E-state index contributed by atoms with van der Waals surface area (Å²) in [6.07, 6.45) is 0. The van der Waals surface area contributed by atoms with Gasteiger partial charge >= 0.3 is 0 Å². The molecule has 0 bridgehead atoms. The van der Waals surface area contributed by atoms with Crippen LogP contribution in [0.1, 0.15) is 25.3 Å². The van der Waals surface area contributed by atoms with Crippen molar-refractivity contribution in [3.8, 4) is 0 Å². The molecule has 1 aromatic rings. The fourth-order valence-corrected chi connectivity index (χ4v) is 2.30. The van der Waals surface area contributed by atoms with Gasteiger partial charge in [-0.15, -0.1) is 0 Å². The van der Waals surface area contributed by atoms with Crippen LogP contribution in [0.4, 0.5) is 11.4 Å². The standard InChI is InChI=1S/C9H12Br2N2/c1-4(2)5-3-6(10)9(13)7(11)8(5)12/h3-4H,12-13H2,1-2H3. The maximum absolute atomic E-state index is 5.91. The Kier molecular flexibility index (Phi) is 3.24. The molecule has 72 valence electrons. The van der Waals surface area contributed by atoms with Gasteiger partial charge in [0.25, 0.3) is 0 Å². The van der Waals surface area contributed by atoms with E-state index in [-0.39, 0.29) is 0 Å². The average Bonchev–Trinajstić information content (AvgIpc) is 2.07. The molecule has 0 unspecified atom stereocenters. The van der Waals surface area contributed by atoms with Gasteiger partial charge in [0.2, 0.25) is 0 Å². The fourth-order valence-electron chi connectivity index (χ4n) is 1.15. The minimum Gasteiger partial charge on any atom is -0.398 e. The molecule has 0 radical (unpaired) electrons. The highest BCUT2D eigenvalue weighted by molar-refractivity contribution is 9.11. The number of hydrogen-bond donors (Lipinski definition) is 2. The van der Waals surface area contributed by atoms with Gasteiger partial charge in [-0.1, -0.05) is 13.8 Å². The van der Waals surface area contributed by atoms with Gasteiger partial charge in [-0.3, -0.25) is 0 Å². The van der Waals surface area contributed by atoms with Gasteiger partial charge in [0.1, 0.15) is 0 Å². The van der Waals surface area contributed by atoms with Gasteiger partial charge in [0.05, 0.1) is 15.8 Å². The first-order chi connectivity index (χ1) is 5.95. The maximum atomic E-state index is 5.91. The minimum absolute atomic E-state index is 0.396. The largest absolute Gasteiger partial charge is 0.398 e. The van der Waals surface area contributed by atoms with E-state index in [0.29, 0.717) is 11.6 Å². The third-order valence-corrected chi connectivity index (χ3v) is 3.46. The summed E-state index contributed by atoms with van der Waals surface area (Å²) >= 11 is 6.76. The third kappa shape index (κ3) is 1.99. The van der Waals surface area contributed by atoms with Crippen LogP contribution in [0.15, 0.2) is 15.0 Å². The van der Waals surface area contributed by atoms with E-state index in [0.717, 1.165) is 20.2 Å². The summed E-state index contributed by atoms with van der Waals surface area (Å²) in [4.78, 5) is 0. The molecule has 0 fully saturated rings. The molecule has 0 aromatic heterocycles. The number of rotatable bonds is 1. The molecule has 0 amide bonds. The summed E-state index contributed by atoms with van der Waals surface area (Å²) in [6.45, 7) is 4.20. The molecular weight excluding hydrogens is 296 g/mol. The van der Waals surface area contributed by atoms with Crippen LogP contribution in [-0.4, -0.2) is 0 Å². The first-order valence-corrected chi connectivity index (χ1v) is 5.56. The number of benzene rings is 1. The van der Waals surface area contributed by atoms with E-state index in [9.17, 15) is 0 Å². The second-order valence-corrected chi connectivity index (χ2v) is 4.89. The van der Waals surface area contributed by atoms with Crippen molar-refractivity contribution in [1.29, 1.82) is 0 Å². The molecule has 1 aromatic carbocycles. The third-order valence-electron chi connectivity index (χ3n) is 1.95. The van der Waals surface area contributed by atoms with Crippen molar-refractivity contribution in [3.05, 3.63) is 20.6 Å². The van der Waals surface area contributed by atoms with Crippen LogP contribution in [0.3, 0.4) is 0 Å². The van der Waals surface area contributed by atoms with E-state index in [2.05, 4.69) is 45.7 Å². The zero-order valence-electron chi connectivity index (χ0n) is 7.57. The maximum Gasteiger partial charge on any atom is 0.0648 e. The van der Waals surface area contributed by atoms with Crippen LogP contribution in [-0.2, 0) is 0 Å². The Hall–Kier alpha value is -0.220. The lowest BCUT2D eigenvalue weighted by Gasteiger charge is -2.13. The van der Waals surface area contributed by atoms with E-state index in [1.807, 2.05) is 6.07 Å². The Morgan fingerprint density at radius 2 is 1.69 bits per heavy atom. The number of nitrogen functional groups attached to an aromatic ring is 2. The van der Waals surface area contributed by atoms with Crippen molar-refractivity contribution >= 4 is 43.2 Å². The predicted octanol–water partition coefficient (Wildman–Crippen LogP) is 3.50. The van der Waals surface area contributed by atoms with Gasteiger partial charge in [0.15, 0.2) is 0 Å². The normalized spacial score (nSPS) is 10.8. The van der Waals surface area contributed by atoms with E-state index < -0.39 is 0 Å². The van der Waals surface area contributed by atoms with Crippen LogP contribution in [0, 0.1) is 0 Å². The van der Waals surface area contributed by atoms with Crippen molar-refractivity contribution in [2.24, 2.45) is 0 Å². The van der Waals surface area contributed by atoms with Gasteiger partial charge in [0, 0.05) is 4.47 Å². The molecular formula is C9H12Br2N2. The quantitative estimate of drug-likeness (QED) is 0.780. The van der Waals surface area contributed by atoms with E-state index in [1.54, 1.807) is 0 Å². The highest BCUT2D eigenvalue weighted by atomic mass is 79.9. The molecule has 0 aliphatic carbocycles. The van der Waals surface area contributed by atoms with Crippen LogP contribution < -0.4 is 11.5 Å². The smallest absolute Gasteiger partial charge is 0.0648 e. The van der Waals surface area contributed by atoms with E-state index in [1.165, 1.54) is 0 Å². The Morgan fingerprint density at radius 1 is 1.15 bits per heavy atom. The molecule has 0 saturated heterocycles. The Labute approximate surface area is 94.9 Å². The number of anilines is 2. The van der Waals surface area contributed by atoms with E-state index in [4.69, 9.17) is 11.5 Å². The summed E-state index contributed by atoms with van der Waals surface area (Å²) in [6, 6.07) is 1.97. The zero-order chi connectivity index (χ0) is 10.2. The molecule has 1 rings (SSSR count). The van der Waals surface area contributed by atoms with Crippen molar-refractivity contribution < 1.29 is 0 Å². The molecule has 13 heavy (non-hydrogen) atoms. The van der Waals surface area contributed by atoms with E-state index >= 15 is 0 Å². The second kappa shape index (κ2) is 3.88. The highest BCUT2D eigenvalue weighted by Crippen LogP contribution is 2.38. The van der Waals surface area contributed by atoms with Crippen LogP contribution in [0.2, 0.25) is 0 Å². The summed E-state index contributed by atoms with van der Waals surface area (Å²) in [5.74, 6) is 0.396. The fraction of sp³-hybridized carbons (Fsp3) is 0.333. The molecule has 0 aliphatic rings. The summed E-state index contributed by atoms with van der Waals surface area (Å²) in [5.41, 5.74) is 14.2. The summed E-state index contributed by atoms with van der Waals surface area (Å²) in [5, 5.41) is 0. The predicted molar refractivity (Wildman–Crippen MR) is 64.8 cm³/mol. The monoisotopic (exact) mass is 306 g/mol. The lowest BCUT2D eigenvalue weighted by molar-refractivity contribution is 0.868. The lowest BCUT2D eigenvalue weighted by Crippen LogP contribution is -2.01. The van der Waals surface area contributed by atoms with Crippen molar-refractivity contribution in [2.45, 2.75) is 19.8 Å². The van der Waals surface area contributed by atoms with Gasteiger partial charge < -0.3 is 11.5 Å². The molecule has 2 nitrogen and oxygen atoms in total. The van der Waals surface area contributed by atoms with Gasteiger partial charge in [-0.05, 0) is 49.4 Å². The number of nitrogens with two attached hydrogens (primary N) is 2. The molecule has 0 heterocycles. The first kappa shape index (κ1) is 10.9. The molecule has 4 N–H and O–H groups in total. The highest BCUT2D eigenvalue weighted by Gasteiger charge is 2.12. The Morgan fingerprint density at radius 3 is 2.15 bits per heavy atom. The van der Waals surface area contributed by atoms with Crippen molar-refractivity contribution in [3.63, 3.8) is 0 Å². The topological polar surface area (TPSA) is 52.0 Å². The molecule has 0 spiro atoms. The zero-order valence-corrected chi connectivity index (χ0v) is 10.7. The van der Waals surface area contributed by atoms with Crippen molar-refractivity contribution in [2.75, 3.05) is 11.5 Å². The molecule has 0 atom stereocenters. The Bertz CT molecular complexity index is 335. The number of halogens is 2. The molecule has 0 aliphatic heterocycles. The summed E-state index contributed by atoms with van der Waals surface area (Å²) < 4.78 is 1.67. The minimum atomic E-state index is 0.396. The molecule has 4 heteroatoms. The Balaban J connectivity index is 3.41. The second-order valence-electron chi connectivity index (χ2n) is 3.24. The number of hydrogen-bond acceptors (Lipinski definition) is 2. The first-order valence-electron chi connectivity index (χ1n) is 3.98.